The normalized spacial score (nSPS) is 11.6. The maximum Gasteiger partial charge on any atom is 0.164 e. The standard InChI is InChI=1S/C39H23N3OS/c1-2-10-24(11-3-1)25-12-8-13-26(22-25)37-40-38(27-20-21-29-28-14-4-6-17-32(28)43-33(29)23-27)42-39(41-37)31-16-9-19-35-36(31)30-15-5-7-18-34(30)44-35/h1-23H. The van der Waals surface area contributed by atoms with Crippen LogP contribution in [0, 0.1) is 0 Å². The molecule has 0 fully saturated rings. The van der Waals surface area contributed by atoms with E-state index in [1.54, 1.807) is 11.3 Å². The van der Waals surface area contributed by atoms with Gasteiger partial charge in [0.2, 0.25) is 0 Å². The molecule has 0 aliphatic heterocycles. The smallest absolute Gasteiger partial charge is 0.164 e. The number of fused-ring (bicyclic) bond motifs is 6. The van der Waals surface area contributed by atoms with E-state index in [9.17, 15) is 0 Å². The highest BCUT2D eigenvalue weighted by molar-refractivity contribution is 7.25. The minimum atomic E-state index is 0.606. The molecule has 0 atom stereocenters. The average Bonchev–Trinajstić information content (AvgIpc) is 3.66. The summed E-state index contributed by atoms with van der Waals surface area (Å²) in [7, 11) is 0. The first kappa shape index (κ1) is 24.9. The van der Waals surface area contributed by atoms with Gasteiger partial charge in [-0.15, -0.1) is 11.3 Å². The summed E-state index contributed by atoms with van der Waals surface area (Å²) >= 11 is 1.79. The van der Waals surface area contributed by atoms with E-state index in [1.165, 1.54) is 20.2 Å². The minimum Gasteiger partial charge on any atom is -0.456 e. The van der Waals surface area contributed by atoms with Gasteiger partial charge in [-0.25, -0.2) is 15.0 Å². The number of furan rings is 1. The van der Waals surface area contributed by atoms with Crippen molar-refractivity contribution in [2.45, 2.75) is 0 Å². The first-order chi connectivity index (χ1) is 21.8. The molecule has 5 heteroatoms. The Labute approximate surface area is 256 Å². The molecule has 3 aromatic heterocycles. The van der Waals surface area contributed by atoms with E-state index in [4.69, 9.17) is 19.4 Å². The maximum absolute atomic E-state index is 6.23. The van der Waals surface area contributed by atoms with Crippen LogP contribution in [-0.2, 0) is 0 Å². The Morgan fingerprint density at radius 3 is 1.93 bits per heavy atom. The first-order valence-electron chi connectivity index (χ1n) is 14.5. The van der Waals surface area contributed by atoms with Crippen LogP contribution in [0.5, 0.6) is 0 Å². The van der Waals surface area contributed by atoms with Crippen LogP contribution >= 0.6 is 11.3 Å². The number of benzene rings is 6. The summed E-state index contributed by atoms with van der Waals surface area (Å²) in [6, 6.07) is 48.0. The molecule has 206 valence electrons. The summed E-state index contributed by atoms with van der Waals surface area (Å²) in [6.07, 6.45) is 0. The molecule has 0 N–H and O–H groups in total. The molecule has 9 aromatic rings. The van der Waals surface area contributed by atoms with Crippen molar-refractivity contribution in [3.8, 4) is 45.3 Å². The fraction of sp³-hybridized carbons (Fsp3) is 0. The van der Waals surface area contributed by atoms with Gasteiger partial charge in [0.15, 0.2) is 17.5 Å². The molecule has 0 saturated heterocycles. The number of aromatic nitrogens is 3. The van der Waals surface area contributed by atoms with Crippen LogP contribution in [0.15, 0.2) is 144 Å². The molecular weight excluding hydrogens is 559 g/mol. The third kappa shape index (κ3) is 4.09. The Morgan fingerprint density at radius 1 is 0.409 bits per heavy atom. The number of thiophene rings is 1. The monoisotopic (exact) mass is 581 g/mol. The van der Waals surface area contributed by atoms with Crippen molar-refractivity contribution >= 4 is 53.4 Å². The van der Waals surface area contributed by atoms with Crippen LogP contribution in [0.3, 0.4) is 0 Å². The molecule has 0 bridgehead atoms. The number of rotatable bonds is 4. The molecule has 3 heterocycles. The Balaban J connectivity index is 1.28. The summed E-state index contributed by atoms with van der Waals surface area (Å²) in [5, 5.41) is 4.55. The lowest BCUT2D eigenvalue weighted by atomic mass is 10.0. The fourth-order valence-electron chi connectivity index (χ4n) is 6.05. The van der Waals surface area contributed by atoms with Gasteiger partial charge in [-0.1, -0.05) is 103 Å². The second kappa shape index (κ2) is 9.97. The molecule has 9 rings (SSSR count). The predicted molar refractivity (Wildman–Crippen MR) is 182 cm³/mol. The van der Waals surface area contributed by atoms with Gasteiger partial charge in [-0.2, -0.15) is 0 Å². The van der Waals surface area contributed by atoms with Crippen LogP contribution in [0.25, 0.3) is 87.4 Å². The van der Waals surface area contributed by atoms with Gasteiger partial charge in [0.1, 0.15) is 11.2 Å². The van der Waals surface area contributed by atoms with E-state index >= 15 is 0 Å². The first-order valence-corrected chi connectivity index (χ1v) is 15.3. The summed E-state index contributed by atoms with van der Waals surface area (Å²) < 4.78 is 8.69. The Hall–Kier alpha value is -5.65. The van der Waals surface area contributed by atoms with Gasteiger partial charge in [-0.05, 0) is 47.5 Å². The zero-order chi connectivity index (χ0) is 29.0. The molecule has 0 saturated carbocycles. The van der Waals surface area contributed by atoms with Crippen molar-refractivity contribution in [3.63, 3.8) is 0 Å². The highest BCUT2D eigenvalue weighted by Gasteiger charge is 2.18. The van der Waals surface area contributed by atoms with E-state index in [-0.39, 0.29) is 0 Å². The molecule has 0 aliphatic rings. The third-order valence-corrected chi connectivity index (χ3v) is 9.28. The average molecular weight is 582 g/mol. The SMILES string of the molecule is c1ccc(-c2cccc(-c3nc(-c4ccc5c(c4)oc4ccccc45)nc(-c4cccc5sc6ccccc6c45)n3)c2)cc1. The summed E-state index contributed by atoms with van der Waals surface area (Å²) in [5.74, 6) is 1.88. The second-order valence-corrected chi connectivity index (χ2v) is 11.9. The fourth-order valence-corrected chi connectivity index (χ4v) is 7.18. The molecule has 4 nitrogen and oxygen atoms in total. The summed E-state index contributed by atoms with van der Waals surface area (Å²) in [5.41, 5.74) is 6.74. The molecule has 0 unspecified atom stereocenters. The van der Waals surface area contributed by atoms with Gasteiger partial charge in [0, 0.05) is 47.6 Å². The van der Waals surface area contributed by atoms with E-state index in [2.05, 4.69) is 109 Å². The lowest BCUT2D eigenvalue weighted by Gasteiger charge is -2.10. The summed E-state index contributed by atoms with van der Waals surface area (Å²) in [6.45, 7) is 0. The number of hydrogen-bond acceptors (Lipinski definition) is 5. The largest absolute Gasteiger partial charge is 0.456 e. The second-order valence-electron chi connectivity index (χ2n) is 10.8. The van der Waals surface area contributed by atoms with Crippen molar-refractivity contribution in [1.29, 1.82) is 0 Å². The molecule has 0 amide bonds. The molecular formula is C39H23N3OS. The quantitative estimate of drug-likeness (QED) is 0.207. The van der Waals surface area contributed by atoms with Gasteiger partial charge in [0.25, 0.3) is 0 Å². The van der Waals surface area contributed by atoms with Crippen LogP contribution in [0.4, 0.5) is 0 Å². The van der Waals surface area contributed by atoms with Crippen molar-refractivity contribution in [3.05, 3.63) is 140 Å². The minimum absolute atomic E-state index is 0.606. The van der Waals surface area contributed by atoms with E-state index in [0.29, 0.717) is 17.5 Å². The highest BCUT2D eigenvalue weighted by Crippen LogP contribution is 2.40. The lowest BCUT2D eigenvalue weighted by molar-refractivity contribution is 0.669. The zero-order valence-electron chi connectivity index (χ0n) is 23.4. The Morgan fingerprint density at radius 2 is 1.05 bits per heavy atom. The van der Waals surface area contributed by atoms with E-state index in [1.807, 2.05) is 30.3 Å². The molecule has 0 radical (unpaired) electrons. The molecule has 6 aromatic carbocycles. The highest BCUT2D eigenvalue weighted by atomic mass is 32.1. The van der Waals surface area contributed by atoms with E-state index < -0.39 is 0 Å². The molecule has 0 spiro atoms. The van der Waals surface area contributed by atoms with Gasteiger partial charge in [0.05, 0.1) is 0 Å². The van der Waals surface area contributed by atoms with Crippen LogP contribution in [0.1, 0.15) is 0 Å². The van der Waals surface area contributed by atoms with Crippen LogP contribution in [0.2, 0.25) is 0 Å². The molecule has 44 heavy (non-hydrogen) atoms. The molecule has 0 aliphatic carbocycles. The van der Waals surface area contributed by atoms with Crippen molar-refractivity contribution in [1.82, 2.24) is 15.0 Å². The third-order valence-electron chi connectivity index (χ3n) is 8.14. The summed E-state index contributed by atoms with van der Waals surface area (Å²) in [4.78, 5) is 15.3. The zero-order valence-corrected chi connectivity index (χ0v) is 24.3. The van der Waals surface area contributed by atoms with Crippen LogP contribution < -0.4 is 0 Å². The number of hydrogen-bond donors (Lipinski definition) is 0. The topological polar surface area (TPSA) is 51.8 Å². The van der Waals surface area contributed by atoms with Crippen LogP contribution in [-0.4, -0.2) is 15.0 Å². The number of para-hydroxylation sites is 1. The lowest BCUT2D eigenvalue weighted by Crippen LogP contribution is -2.00. The number of nitrogens with zero attached hydrogens (tertiary/aromatic N) is 3. The van der Waals surface area contributed by atoms with Crippen molar-refractivity contribution in [2.24, 2.45) is 0 Å². The Kier molecular flexibility index (Phi) is 5.64. The predicted octanol–water partition coefficient (Wildman–Crippen LogP) is 10.8. The van der Waals surface area contributed by atoms with Gasteiger partial charge in [-0.3, -0.25) is 0 Å². The van der Waals surface area contributed by atoms with Crippen molar-refractivity contribution < 1.29 is 4.42 Å². The Bertz CT molecular complexity index is 2510. The maximum atomic E-state index is 6.23. The van der Waals surface area contributed by atoms with E-state index in [0.717, 1.165) is 49.8 Å². The van der Waals surface area contributed by atoms with Gasteiger partial charge >= 0.3 is 0 Å². The van der Waals surface area contributed by atoms with Crippen molar-refractivity contribution in [2.75, 3.05) is 0 Å². The van der Waals surface area contributed by atoms with Gasteiger partial charge < -0.3 is 4.42 Å².